The van der Waals surface area contributed by atoms with E-state index in [2.05, 4.69) is 37.2 Å². The van der Waals surface area contributed by atoms with E-state index >= 15 is 0 Å². The van der Waals surface area contributed by atoms with E-state index in [0.29, 0.717) is 28.9 Å². The van der Waals surface area contributed by atoms with Gasteiger partial charge in [-0.1, -0.05) is 12.1 Å². The van der Waals surface area contributed by atoms with Crippen LogP contribution in [0.1, 0.15) is 36.3 Å². The first kappa shape index (κ1) is 15.8. The summed E-state index contributed by atoms with van der Waals surface area (Å²) in [4.78, 5) is 0. The van der Waals surface area contributed by atoms with Gasteiger partial charge in [0.05, 0.1) is 23.8 Å². The van der Waals surface area contributed by atoms with E-state index < -0.39 is 0 Å². The van der Waals surface area contributed by atoms with E-state index in [9.17, 15) is 5.26 Å². The summed E-state index contributed by atoms with van der Waals surface area (Å²) in [5, 5.41) is 32.8. The van der Waals surface area contributed by atoms with Crippen LogP contribution in [0.3, 0.4) is 0 Å². The van der Waals surface area contributed by atoms with Gasteiger partial charge < -0.3 is 10.6 Å². The van der Waals surface area contributed by atoms with Gasteiger partial charge in [-0.3, -0.25) is 5.10 Å². The van der Waals surface area contributed by atoms with E-state index in [1.54, 1.807) is 6.20 Å². The van der Waals surface area contributed by atoms with Crippen LogP contribution in [0.4, 0.5) is 5.82 Å². The molecular formula is C20H19N7O. The maximum atomic E-state index is 10.2. The monoisotopic (exact) mass is 373 g/mol. The molecular weight excluding hydrogens is 354 g/mol. The number of allylic oxidation sites excluding steroid dienone is 1. The molecule has 7 rings (SSSR count). The van der Waals surface area contributed by atoms with E-state index in [4.69, 9.17) is 4.63 Å². The Hall–Kier alpha value is -3.18. The van der Waals surface area contributed by atoms with Crippen LogP contribution in [0.15, 0.2) is 40.3 Å². The first-order valence-electron chi connectivity index (χ1n) is 9.72. The van der Waals surface area contributed by atoms with Gasteiger partial charge in [0.2, 0.25) is 0 Å². The summed E-state index contributed by atoms with van der Waals surface area (Å²) in [7, 11) is 0. The summed E-state index contributed by atoms with van der Waals surface area (Å²) in [5.74, 6) is 1.59. The normalized spacial score (nSPS) is 28.8. The molecule has 0 amide bonds. The number of benzene rings is 1. The number of anilines is 1. The molecule has 8 nitrogen and oxygen atoms in total. The fourth-order valence-electron chi connectivity index (χ4n) is 5.25. The Morgan fingerprint density at radius 1 is 1.18 bits per heavy atom. The molecule has 0 radical (unpaired) electrons. The standard InChI is InChI=1S/C20H19N7O/c21-7-13-17(11-2-1-3-16-19(11)27-28-26-16)14-9-23-25-20(14)24-18(13)12-6-10-4-5-15(12)22-8-10/h1-3,9-10,12,15,17,22H,4-6,8H2,(H2,23,24,25)/t10-,12-,15+,17?/m0/s1. The van der Waals surface area contributed by atoms with Gasteiger partial charge in [0.25, 0.3) is 0 Å². The van der Waals surface area contributed by atoms with E-state index in [0.717, 1.165) is 47.6 Å². The number of nitriles is 1. The van der Waals surface area contributed by atoms with Crippen LogP contribution in [0.2, 0.25) is 0 Å². The highest BCUT2D eigenvalue weighted by atomic mass is 16.6. The molecule has 3 aliphatic heterocycles. The molecule has 2 aromatic heterocycles. The molecule has 28 heavy (non-hydrogen) atoms. The summed E-state index contributed by atoms with van der Waals surface area (Å²) in [6.07, 6.45) is 5.32. The summed E-state index contributed by atoms with van der Waals surface area (Å²) in [5.41, 5.74) is 5.01. The van der Waals surface area contributed by atoms with Crippen molar-refractivity contribution in [2.45, 2.75) is 31.2 Å². The van der Waals surface area contributed by atoms with Crippen molar-refractivity contribution in [3.05, 3.63) is 46.8 Å². The van der Waals surface area contributed by atoms with Crippen molar-refractivity contribution in [1.29, 1.82) is 5.26 Å². The Morgan fingerprint density at radius 2 is 2.14 bits per heavy atom. The second-order valence-electron chi connectivity index (χ2n) is 7.98. The number of hydrogen-bond acceptors (Lipinski definition) is 7. The minimum Gasteiger partial charge on any atom is -0.343 e. The second kappa shape index (κ2) is 5.91. The molecule has 140 valence electrons. The van der Waals surface area contributed by atoms with Gasteiger partial charge in [-0.05, 0) is 53.7 Å². The third-order valence-corrected chi connectivity index (χ3v) is 6.57. The summed E-state index contributed by atoms with van der Waals surface area (Å²) >= 11 is 0. The zero-order valence-electron chi connectivity index (χ0n) is 15.1. The highest BCUT2D eigenvalue weighted by Gasteiger charge is 2.42. The smallest absolute Gasteiger partial charge is 0.139 e. The van der Waals surface area contributed by atoms with Crippen LogP contribution in [0.5, 0.6) is 0 Å². The van der Waals surface area contributed by atoms with Gasteiger partial charge in [0.15, 0.2) is 0 Å². The zero-order valence-corrected chi connectivity index (χ0v) is 15.1. The van der Waals surface area contributed by atoms with Gasteiger partial charge in [-0.25, -0.2) is 4.63 Å². The number of aromatic amines is 1. The largest absolute Gasteiger partial charge is 0.343 e. The molecule has 1 aromatic carbocycles. The molecule has 2 saturated heterocycles. The van der Waals surface area contributed by atoms with Crippen molar-refractivity contribution in [3.63, 3.8) is 0 Å². The first-order chi connectivity index (χ1) is 13.8. The molecule has 1 saturated carbocycles. The van der Waals surface area contributed by atoms with Crippen molar-refractivity contribution >= 4 is 16.9 Å². The molecule has 4 atom stereocenters. The van der Waals surface area contributed by atoms with E-state index in [-0.39, 0.29) is 5.92 Å². The van der Waals surface area contributed by atoms with Crippen LogP contribution < -0.4 is 10.6 Å². The fourth-order valence-corrected chi connectivity index (χ4v) is 5.25. The minimum atomic E-state index is -0.244. The third-order valence-electron chi connectivity index (χ3n) is 6.57. The number of piperidine rings is 2. The minimum absolute atomic E-state index is 0.244. The van der Waals surface area contributed by atoms with Gasteiger partial charge in [-0.15, -0.1) is 0 Å². The number of fused-ring (bicyclic) bond motifs is 5. The summed E-state index contributed by atoms with van der Waals surface area (Å²) < 4.78 is 4.97. The predicted molar refractivity (Wildman–Crippen MR) is 101 cm³/mol. The van der Waals surface area contributed by atoms with Crippen molar-refractivity contribution in [3.8, 4) is 6.07 Å². The number of hydrogen-bond donors (Lipinski definition) is 3. The highest BCUT2D eigenvalue weighted by Crippen LogP contribution is 2.47. The Morgan fingerprint density at radius 3 is 2.93 bits per heavy atom. The van der Waals surface area contributed by atoms with E-state index in [1.165, 1.54) is 6.42 Å². The maximum Gasteiger partial charge on any atom is 0.139 e. The quantitative estimate of drug-likeness (QED) is 0.632. The fraction of sp³-hybridized carbons (Fsp3) is 0.400. The lowest BCUT2D eigenvalue weighted by Crippen LogP contribution is -2.52. The Labute approximate surface area is 161 Å². The lowest BCUT2D eigenvalue weighted by atomic mass is 9.70. The summed E-state index contributed by atoms with van der Waals surface area (Å²) in [6, 6.07) is 8.72. The maximum absolute atomic E-state index is 10.2. The average Bonchev–Trinajstić information content (AvgIpc) is 3.42. The van der Waals surface area contributed by atoms with Crippen LogP contribution in [-0.4, -0.2) is 33.1 Å². The first-order valence-corrected chi connectivity index (χ1v) is 9.72. The SMILES string of the molecule is N#CC1=C([C@H]2C[C@@H]3CC[C@H]2NC3)Nc2[nH]ncc2C1c1cccc2nonc12. The average molecular weight is 373 g/mol. The van der Waals surface area contributed by atoms with E-state index in [1.807, 2.05) is 18.2 Å². The molecule has 3 aromatic rings. The van der Waals surface area contributed by atoms with Gasteiger partial charge in [0.1, 0.15) is 16.9 Å². The Balaban J connectivity index is 1.55. The van der Waals surface area contributed by atoms with Crippen LogP contribution in [-0.2, 0) is 0 Å². The number of aromatic nitrogens is 4. The molecule has 8 heteroatoms. The number of nitrogens with zero attached hydrogens (tertiary/aromatic N) is 4. The number of nitrogens with one attached hydrogen (secondary N) is 3. The number of H-pyrrole nitrogens is 1. The molecule has 0 spiro atoms. The van der Waals surface area contributed by atoms with Crippen molar-refractivity contribution in [2.75, 3.05) is 11.9 Å². The molecule has 2 bridgehead atoms. The van der Waals surface area contributed by atoms with Crippen molar-refractivity contribution in [2.24, 2.45) is 11.8 Å². The third kappa shape index (κ3) is 2.17. The van der Waals surface area contributed by atoms with Crippen LogP contribution in [0, 0.1) is 23.2 Å². The van der Waals surface area contributed by atoms with Crippen molar-refractivity contribution < 1.29 is 4.63 Å². The Kier molecular flexibility index (Phi) is 3.34. The van der Waals surface area contributed by atoms with Gasteiger partial charge >= 0.3 is 0 Å². The van der Waals surface area contributed by atoms with Gasteiger partial charge in [-0.2, -0.15) is 10.4 Å². The lowest BCUT2D eigenvalue weighted by molar-refractivity contribution is 0.160. The predicted octanol–water partition coefficient (Wildman–Crippen LogP) is 2.67. The zero-order chi connectivity index (χ0) is 18.7. The van der Waals surface area contributed by atoms with Gasteiger partial charge in [0, 0.05) is 23.2 Å². The van der Waals surface area contributed by atoms with Crippen molar-refractivity contribution in [1.82, 2.24) is 25.8 Å². The van der Waals surface area contributed by atoms with Crippen LogP contribution >= 0.6 is 0 Å². The second-order valence-corrected chi connectivity index (χ2v) is 7.98. The molecule has 1 aliphatic carbocycles. The lowest BCUT2D eigenvalue weighted by Gasteiger charge is -2.45. The molecule has 1 unspecified atom stereocenters. The molecule has 4 aliphatic rings. The molecule has 3 fully saturated rings. The molecule has 3 N–H and O–H groups in total. The molecule has 5 heterocycles. The van der Waals surface area contributed by atoms with Crippen LogP contribution in [0.25, 0.3) is 11.0 Å². The highest BCUT2D eigenvalue weighted by molar-refractivity contribution is 5.80. The topological polar surface area (TPSA) is 115 Å². The Bertz CT molecular complexity index is 1130. The number of rotatable bonds is 2. The summed E-state index contributed by atoms with van der Waals surface area (Å²) in [6.45, 7) is 1.08.